The topological polar surface area (TPSA) is 108 Å². The number of hydrogen-bond donors (Lipinski definition) is 1. The summed E-state index contributed by atoms with van der Waals surface area (Å²) < 4.78 is 10.0. The zero-order valence-electron chi connectivity index (χ0n) is 14.6. The molecule has 8 nitrogen and oxygen atoms in total. The molecule has 0 radical (unpaired) electrons. The van der Waals surface area contributed by atoms with Gasteiger partial charge in [0.15, 0.2) is 6.10 Å². The molecule has 0 aliphatic heterocycles. The molecule has 0 heterocycles. The molecule has 0 aliphatic rings. The normalized spacial score (nSPS) is 11.4. The average Bonchev–Trinajstić information content (AvgIpc) is 2.63. The van der Waals surface area contributed by atoms with Gasteiger partial charge in [-0.25, -0.2) is 0 Å². The third-order valence-electron chi connectivity index (χ3n) is 3.63. The van der Waals surface area contributed by atoms with Crippen molar-refractivity contribution in [3.8, 4) is 5.75 Å². The van der Waals surface area contributed by atoms with Crippen LogP contribution in [-0.2, 0) is 20.7 Å². The highest BCUT2D eigenvalue weighted by Crippen LogP contribution is 2.29. The SMILES string of the molecule is COc1ccc(NC(=O)C(C)OC(=O)Cc2ccccc2Cl)c([N+](=O)[O-])c1. The third kappa shape index (κ3) is 5.42. The van der Waals surface area contributed by atoms with Gasteiger partial charge in [-0.05, 0) is 30.7 Å². The van der Waals surface area contributed by atoms with Gasteiger partial charge in [-0.3, -0.25) is 19.7 Å². The Bertz CT molecular complexity index is 871. The lowest BCUT2D eigenvalue weighted by molar-refractivity contribution is -0.384. The maximum atomic E-state index is 12.2. The summed E-state index contributed by atoms with van der Waals surface area (Å²) >= 11 is 5.99. The first-order chi connectivity index (χ1) is 12.8. The van der Waals surface area contributed by atoms with Gasteiger partial charge in [0.05, 0.1) is 24.5 Å². The molecule has 9 heteroatoms. The Labute approximate surface area is 160 Å². The second kappa shape index (κ2) is 9.00. The molecule has 2 aromatic rings. The van der Waals surface area contributed by atoms with Crippen molar-refractivity contribution in [2.45, 2.75) is 19.4 Å². The van der Waals surface area contributed by atoms with E-state index in [1.807, 2.05) is 0 Å². The van der Waals surface area contributed by atoms with E-state index in [2.05, 4.69) is 5.32 Å². The molecular weight excluding hydrogens is 376 g/mol. The summed E-state index contributed by atoms with van der Waals surface area (Å²) in [5, 5.41) is 14.0. The van der Waals surface area contributed by atoms with E-state index < -0.39 is 22.9 Å². The van der Waals surface area contributed by atoms with Gasteiger partial charge in [0.1, 0.15) is 11.4 Å². The second-order valence-corrected chi connectivity index (χ2v) is 5.94. The fourth-order valence-corrected chi connectivity index (χ4v) is 2.42. The predicted octanol–water partition coefficient (Wildman–Crippen LogP) is 3.37. The third-order valence-corrected chi connectivity index (χ3v) is 4.00. The number of halogens is 1. The van der Waals surface area contributed by atoms with Crippen LogP contribution in [0.5, 0.6) is 5.75 Å². The Balaban J connectivity index is 2.02. The van der Waals surface area contributed by atoms with E-state index >= 15 is 0 Å². The number of benzene rings is 2. The number of nitro groups is 1. The standard InChI is InChI=1S/C18H17ClN2O6/c1-11(27-17(22)9-12-5-3-4-6-14(12)19)18(23)20-15-8-7-13(26-2)10-16(15)21(24)25/h3-8,10-11H,9H2,1-2H3,(H,20,23). The van der Waals surface area contributed by atoms with Gasteiger partial charge in [0.25, 0.3) is 11.6 Å². The number of nitrogens with one attached hydrogen (secondary N) is 1. The number of ether oxygens (including phenoxy) is 2. The minimum absolute atomic E-state index is 0.0280. The van der Waals surface area contributed by atoms with Gasteiger partial charge in [0, 0.05) is 5.02 Å². The number of hydrogen-bond acceptors (Lipinski definition) is 6. The molecule has 1 atom stereocenters. The lowest BCUT2D eigenvalue weighted by Crippen LogP contribution is -2.30. The smallest absolute Gasteiger partial charge is 0.311 e. The summed E-state index contributed by atoms with van der Waals surface area (Å²) in [7, 11) is 1.37. The Morgan fingerprint density at radius 2 is 1.96 bits per heavy atom. The number of esters is 1. The summed E-state index contributed by atoms with van der Waals surface area (Å²) in [4.78, 5) is 34.7. The summed E-state index contributed by atoms with van der Waals surface area (Å²) in [5.74, 6) is -1.07. The minimum atomic E-state index is -1.15. The fourth-order valence-electron chi connectivity index (χ4n) is 2.22. The Morgan fingerprint density at radius 1 is 1.26 bits per heavy atom. The van der Waals surface area contributed by atoms with Crippen molar-refractivity contribution < 1.29 is 24.0 Å². The first-order valence-corrected chi connectivity index (χ1v) is 8.25. The van der Waals surface area contributed by atoms with Crippen LogP contribution in [0.15, 0.2) is 42.5 Å². The van der Waals surface area contributed by atoms with E-state index in [0.29, 0.717) is 10.6 Å². The van der Waals surface area contributed by atoms with Crippen LogP contribution in [0.1, 0.15) is 12.5 Å². The molecule has 0 saturated carbocycles. The Kier molecular flexibility index (Phi) is 6.73. The minimum Gasteiger partial charge on any atom is -0.496 e. The van der Waals surface area contributed by atoms with Crippen LogP contribution >= 0.6 is 11.6 Å². The zero-order chi connectivity index (χ0) is 20.0. The number of carbonyl (C=O) groups is 2. The van der Waals surface area contributed by atoms with Crippen LogP contribution in [-0.4, -0.2) is 30.0 Å². The van der Waals surface area contributed by atoms with Crippen molar-refractivity contribution in [3.63, 3.8) is 0 Å². The average molecular weight is 393 g/mol. The number of carbonyl (C=O) groups excluding carboxylic acids is 2. The molecule has 0 spiro atoms. The Morgan fingerprint density at radius 3 is 2.59 bits per heavy atom. The molecule has 27 heavy (non-hydrogen) atoms. The van der Waals surface area contributed by atoms with Crippen molar-refractivity contribution >= 4 is 34.9 Å². The lowest BCUT2D eigenvalue weighted by atomic mass is 10.1. The molecule has 2 rings (SSSR count). The molecule has 1 N–H and O–H groups in total. The molecule has 0 bridgehead atoms. The molecule has 0 aromatic heterocycles. The van der Waals surface area contributed by atoms with Crippen LogP contribution in [0.25, 0.3) is 0 Å². The molecule has 0 saturated heterocycles. The van der Waals surface area contributed by atoms with Crippen molar-refractivity contribution in [3.05, 3.63) is 63.2 Å². The Hall–Kier alpha value is -3.13. The summed E-state index contributed by atoms with van der Waals surface area (Å²) in [6.07, 6.45) is -1.25. The predicted molar refractivity (Wildman–Crippen MR) is 99.0 cm³/mol. The highest BCUT2D eigenvalue weighted by atomic mass is 35.5. The van der Waals surface area contributed by atoms with Crippen molar-refractivity contribution in [1.29, 1.82) is 0 Å². The first-order valence-electron chi connectivity index (χ1n) is 7.88. The van der Waals surface area contributed by atoms with Gasteiger partial charge in [0.2, 0.25) is 0 Å². The first kappa shape index (κ1) is 20.2. The maximum Gasteiger partial charge on any atom is 0.311 e. The van der Waals surface area contributed by atoms with Gasteiger partial charge >= 0.3 is 5.97 Å². The highest BCUT2D eigenvalue weighted by Gasteiger charge is 2.23. The quantitative estimate of drug-likeness (QED) is 0.439. The van der Waals surface area contributed by atoms with E-state index in [1.165, 1.54) is 32.2 Å². The molecular formula is C18H17ClN2O6. The molecule has 142 valence electrons. The van der Waals surface area contributed by atoms with Gasteiger partial charge in [-0.15, -0.1) is 0 Å². The number of nitrogens with zero attached hydrogens (tertiary/aromatic N) is 1. The van der Waals surface area contributed by atoms with E-state index in [-0.39, 0.29) is 23.5 Å². The zero-order valence-corrected chi connectivity index (χ0v) is 15.4. The van der Waals surface area contributed by atoms with Gasteiger partial charge in [-0.2, -0.15) is 0 Å². The maximum absolute atomic E-state index is 12.2. The van der Waals surface area contributed by atoms with Crippen molar-refractivity contribution in [1.82, 2.24) is 0 Å². The number of rotatable bonds is 7. The number of methoxy groups -OCH3 is 1. The summed E-state index contributed by atoms with van der Waals surface area (Å²) in [6, 6.07) is 10.8. The fraction of sp³-hybridized carbons (Fsp3) is 0.222. The summed E-state index contributed by atoms with van der Waals surface area (Å²) in [6.45, 7) is 1.37. The largest absolute Gasteiger partial charge is 0.496 e. The monoisotopic (exact) mass is 392 g/mol. The second-order valence-electron chi connectivity index (χ2n) is 5.53. The van der Waals surface area contributed by atoms with Gasteiger partial charge < -0.3 is 14.8 Å². The van der Waals surface area contributed by atoms with Crippen LogP contribution in [0.3, 0.4) is 0 Å². The van der Waals surface area contributed by atoms with Crippen molar-refractivity contribution in [2.24, 2.45) is 0 Å². The number of amides is 1. The van der Waals surface area contributed by atoms with Crippen LogP contribution in [0, 0.1) is 10.1 Å². The molecule has 1 amide bonds. The lowest BCUT2D eigenvalue weighted by Gasteiger charge is -2.14. The van der Waals surface area contributed by atoms with E-state index in [1.54, 1.807) is 24.3 Å². The van der Waals surface area contributed by atoms with E-state index in [4.69, 9.17) is 21.1 Å². The number of anilines is 1. The number of nitro benzene ring substituents is 1. The van der Waals surface area contributed by atoms with E-state index in [9.17, 15) is 19.7 Å². The van der Waals surface area contributed by atoms with Gasteiger partial charge in [-0.1, -0.05) is 29.8 Å². The van der Waals surface area contributed by atoms with Crippen molar-refractivity contribution in [2.75, 3.05) is 12.4 Å². The van der Waals surface area contributed by atoms with Crippen LogP contribution in [0.4, 0.5) is 11.4 Å². The molecule has 2 aromatic carbocycles. The van der Waals surface area contributed by atoms with Crippen LogP contribution in [0.2, 0.25) is 5.02 Å². The summed E-state index contributed by atoms with van der Waals surface area (Å²) in [5.41, 5.74) is 0.208. The van der Waals surface area contributed by atoms with E-state index in [0.717, 1.165) is 0 Å². The molecule has 1 unspecified atom stereocenters. The highest BCUT2D eigenvalue weighted by molar-refractivity contribution is 6.31. The molecule has 0 fully saturated rings. The molecule has 0 aliphatic carbocycles. The van der Waals surface area contributed by atoms with Crippen LogP contribution < -0.4 is 10.1 Å².